The zero-order valence-corrected chi connectivity index (χ0v) is 6.81. The van der Waals surface area contributed by atoms with Crippen molar-refractivity contribution in [1.82, 2.24) is 14.8 Å². The number of rotatable bonds is 1. The van der Waals surface area contributed by atoms with Crippen molar-refractivity contribution in [2.75, 3.05) is 0 Å². The number of hydrogen-bond donors (Lipinski definition) is 0. The molecular formula is C9H9N3. The maximum Gasteiger partial charge on any atom is 0.123 e. The average molecular weight is 159 g/mol. The van der Waals surface area contributed by atoms with Crippen LogP contribution in [-0.2, 0) is 0 Å². The molecule has 0 aliphatic carbocycles. The first-order valence-corrected chi connectivity index (χ1v) is 3.78. The second kappa shape index (κ2) is 2.77. The summed E-state index contributed by atoms with van der Waals surface area (Å²) in [5, 5.41) is 7.47. The smallest absolute Gasteiger partial charge is 0.123 e. The summed E-state index contributed by atoms with van der Waals surface area (Å²) >= 11 is 0. The minimum atomic E-state index is 1.09. The summed E-state index contributed by atoms with van der Waals surface area (Å²) in [6, 6.07) is 8.21. The lowest BCUT2D eigenvalue weighted by Gasteiger charge is -1.99. The van der Waals surface area contributed by atoms with Gasteiger partial charge >= 0.3 is 0 Å². The molecule has 1 aromatic carbocycles. The summed E-state index contributed by atoms with van der Waals surface area (Å²) in [5.74, 6) is 0. The van der Waals surface area contributed by atoms with Crippen molar-refractivity contribution < 1.29 is 0 Å². The molecule has 0 spiro atoms. The van der Waals surface area contributed by atoms with Gasteiger partial charge in [0.05, 0.1) is 0 Å². The third kappa shape index (κ3) is 1.21. The van der Waals surface area contributed by atoms with E-state index in [1.165, 1.54) is 5.56 Å². The molecule has 1 aromatic heterocycles. The maximum atomic E-state index is 3.73. The highest BCUT2D eigenvalue weighted by Crippen LogP contribution is 2.06. The Balaban J connectivity index is 2.43. The molecule has 0 bridgehead atoms. The molecule has 1 heterocycles. The van der Waals surface area contributed by atoms with E-state index in [-0.39, 0.29) is 0 Å². The van der Waals surface area contributed by atoms with E-state index in [2.05, 4.69) is 29.3 Å². The Hall–Kier alpha value is -1.64. The highest BCUT2D eigenvalue weighted by molar-refractivity contribution is 5.33. The Morgan fingerprint density at radius 3 is 2.17 bits per heavy atom. The van der Waals surface area contributed by atoms with Crippen LogP contribution in [0.2, 0.25) is 0 Å². The number of nitrogens with zero attached hydrogens (tertiary/aromatic N) is 3. The van der Waals surface area contributed by atoms with Crippen molar-refractivity contribution in [3.63, 3.8) is 0 Å². The van der Waals surface area contributed by atoms with Gasteiger partial charge in [0.15, 0.2) is 0 Å². The van der Waals surface area contributed by atoms with Gasteiger partial charge in [0, 0.05) is 5.69 Å². The highest BCUT2D eigenvalue weighted by Gasteiger charge is 1.93. The van der Waals surface area contributed by atoms with Gasteiger partial charge in [0.1, 0.15) is 12.7 Å². The fourth-order valence-corrected chi connectivity index (χ4v) is 1.05. The number of aromatic nitrogens is 3. The second-order valence-corrected chi connectivity index (χ2v) is 2.70. The van der Waals surface area contributed by atoms with Gasteiger partial charge in [-0.1, -0.05) is 17.7 Å². The van der Waals surface area contributed by atoms with Crippen molar-refractivity contribution >= 4 is 0 Å². The van der Waals surface area contributed by atoms with Crippen molar-refractivity contribution in [3.8, 4) is 5.69 Å². The quantitative estimate of drug-likeness (QED) is 0.632. The standard InChI is InChI=1S/C9H9N3/c1-8-2-4-9(5-3-8)12-6-10-11-7-12/h2-7H,1H3. The van der Waals surface area contributed by atoms with Gasteiger partial charge in [0.2, 0.25) is 0 Å². The predicted octanol–water partition coefficient (Wildman–Crippen LogP) is 1.58. The van der Waals surface area contributed by atoms with E-state index < -0.39 is 0 Å². The normalized spacial score (nSPS) is 10.1. The topological polar surface area (TPSA) is 30.7 Å². The Morgan fingerprint density at radius 2 is 1.58 bits per heavy atom. The van der Waals surface area contributed by atoms with E-state index in [4.69, 9.17) is 0 Å². The molecule has 0 unspecified atom stereocenters. The van der Waals surface area contributed by atoms with Crippen LogP contribution in [0.1, 0.15) is 5.56 Å². The molecule has 12 heavy (non-hydrogen) atoms. The summed E-state index contributed by atoms with van der Waals surface area (Å²) in [6.45, 7) is 2.07. The van der Waals surface area contributed by atoms with Crippen LogP contribution < -0.4 is 0 Å². The molecular weight excluding hydrogens is 150 g/mol. The summed E-state index contributed by atoms with van der Waals surface area (Å²) in [6.07, 6.45) is 3.37. The third-order valence-electron chi connectivity index (χ3n) is 1.75. The van der Waals surface area contributed by atoms with Gasteiger partial charge in [0.25, 0.3) is 0 Å². The molecule has 0 amide bonds. The van der Waals surface area contributed by atoms with Crippen LogP contribution in [0.4, 0.5) is 0 Å². The molecule has 0 atom stereocenters. The Bertz CT molecular complexity index is 348. The summed E-state index contributed by atoms with van der Waals surface area (Å²) < 4.78 is 1.87. The van der Waals surface area contributed by atoms with Gasteiger partial charge < -0.3 is 0 Å². The first-order chi connectivity index (χ1) is 5.86. The summed E-state index contributed by atoms with van der Waals surface area (Å²) in [4.78, 5) is 0. The molecule has 3 nitrogen and oxygen atoms in total. The molecule has 0 saturated heterocycles. The minimum Gasteiger partial charge on any atom is -0.288 e. The Kier molecular flexibility index (Phi) is 1.63. The number of benzene rings is 1. The molecule has 0 radical (unpaired) electrons. The van der Waals surface area contributed by atoms with Crippen LogP contribution in [0.15, 0.2) is 36.9 Å². The van der Waals surface area contributed by atoms with E-state index in [9.17, 15) is 0 Å². The predicted molar refractivity (Wildman–Crippen MR) is 46.1 cm³/mol. The van der Waals surface area contributed by atoms with Crippen LogP contribution in [0.3, 0.4) is 0 Å². The lowest BCUT2D eigenvalue weighted by atomic mass is 10.2. The summed E-state index contributed by atoms with van der Waals surface area (Å²) in [7, 11) is 0. The van der Waals surface area contributed by atoms with E-state index in [0.29, 0.717) is 0 Å². The van der Waals surface area contributed by atoms with Crippen molar-refractivity contribution in [3.05, 3.63) is 42.5 Å². The van der Waals surface area contributed by atoms with E-state index >= 15 is 0 Å². The van der Waals surface area contributed by atoms with Crippen LogP contribution in [0, 0.1) is 6.92 Å². The molecule has 60 valence electrons. The SMILES string of the molecule is Cc1ccc(-n2cnnc2)cc1. The minimum absolute atomic E-state index is 1.09. The number of hydrogen-bond acceptors (Lipinski definition) is 2. The second-order valence-electron chi connectivity index (χ2n) is 2.70. The van der Waals surface area contributed by atoms with Gasteiger partial charge in [-0.3, -0.25) is 4.57 Å². The van der Waals surface area contributed by atoms with Crippen LogP contribution in [0.5, 0.6) is 0 Å². The zero-order chi connectivity index (χ0) is 8.39. The Labute approximate surface area is 70.7 Å². The van der Waals surface area contributed by atoms with Gasteiger partial charge in [-0.25, -0.2) is 0 Å². The van der Waals surface area contributed by atoms with Crippen molar-refractivity contribution in [2.45, 2.75) is 6.92 Å². The third-order valence-corrected chi connectivity index (χ3v) is 1.75. The van der Waals surface area contributed by atoms with Gasteiger partial charge in [-0.15, -0.1) is 10.2 Å². The average Bonchev–Trinajstić information content (AvgIpc) is 2.58. The number of aryl methyl sites for hydroxylation is 1. The van der Waals surface area contributed by atoms with Crippen molar-refractivity contribution in [2.24, 2.45) is 0 Å². The van der Waals surface area contributed by atoms with Gasteiger partial charge in [-0.05, 0) is 19.1 Å². The molecule has 0 saturated carbocycles. The molecule has 0 aliphatic rings. The molecule has 3 heteroatoms. The van der Waals surface area contributed by atoms with E-state index in [1.54, 1.807) is 12.7 Å². The first kappa shape index (κ1) is 7.03. The lowest BCUT2D eigenvalue weighted by molar-refractivity contribution is 1.05. The monoisotopic (exact) mass is 159 g/mol. The fraction of sp³-hybridized carbons (Fsp3) is 0.111. The molecule has 2 aromatic rings. The van der Waals surface area contributed by atoms with Gasteiger partial charge in [-0.2, -0.15) is 0 Å². The molecule has 0 fully saturated rings. The largest absolute Gasteiger partial charge is 0.288 e. The first-order valence-electron chi connectivity index (χ1n) is 3.78. The zero-order valence-electron chi connectivity index (χ0n) is 6.81. The maximum absolute atomic E-state index is 3.73. The molecule has 0 aliphatic heterocycles. The van der Waals surface area contributed by atoms with Crippen LogP contribution >= 0.6 is 0 Å². The lowest BCUT2D eigenvalue weighted by Crippen LogP contribution is -1.88. The highest BCUT2D eigenvalue weighted by atomic mass is 15.2. The Morgan fingerprint density at radius 1 is 1.00 bits per heavy atom. The van der Waals surface area contributed by atoms with Crippen molar-refractivity contribution in [1.29, 1.82) is 0 Å². The van der Waals surface area contributed by atoms with Crippen LogP contribution in [0.25, 0.3) is 5.69 Å². The summed E-state index contributed by atoms with van der Waals surface area (Å²) in [5.41, 5.74) is 2.34. The van der Waals surface area contributed by atoms with E-state index in [1.807, 2.05) is 16.7 Å². The van der Waals surface area contributed by atoms with E-state index in [0.717, 1.165) is 5.69 Å². The molecule has 0 N–H and O–H groups in total. The fourth-order valence-electron chi connectivity index (χ4n) is 1.05. The molecule has 2 rings (SSSR count). The van der Waals surface area contributed by atoms with Crippen LogP contribution in [-0.4, -0.2) is 14.8 Å².